The first kappa shape index (κ1) is 13.2. The Hall–Kier alpha value is -2.43. The summed E-state index contributed by atoms with van der Waals surface area (Å²) >= 11 is 0. The van der Waals surface area contributed by atoms with Gasteiger partial charge in [0, 0.05) is 36.7 Å². The fourth-order valence-electron chi connectivity index (χ4n) is 3.23. The van der Waals surface area contributed by atoms with Gasteiger partial charge in [0.2, 0.25) is 0 Å². The van der Waals surface area contributed by atoms with Crippen molar-refractivity contribution in [3.05, 3.63) is 36.5 Å². The molecular formula is C17H19N5. The van der Waals surface area contributed by atoms with Gasteiger partial charge in [0.25, 0.3) is 0 Å². The van der Waals surface area contributed by atoms with Gasteiger partial charge in [-0.15, -0.1) is 0 Å². The number of anilines is 1. The molecular weight excluding hydrogens is 274 g/mol. The highest BCUT2D eigenvalue weighted by Crippen LogP contribution is 2.34. The number of hydrogen-bond acceptors (Lipinski definition) is 4. The van der Waals surface area contributed by atoms with E-state index in [0.29, 0.717) is 0 Å². The SMILES string of the molecule is Cc1cc(-c2c[nH]c3ncnc(N4CCCCC4)c23)ccn1. The first-order valence-corrected chi connectivity index (χ1v) is 7.83. The lowest BCUT2D eigenvalue weighted by molar-refractivity contribution is 0.574. The molecule has 0 atom stereocenters. The van der Waals surface area contributed by atoms with Crippen molar-refractivity contribution in [1.82, 2.24) is 19.9 Å². The molecule has 0 spiro atoms. The van der Waals surface area contributed by atoms with E-state index >= 15 is 0 Å². The van der Waals surface area contributed by atoms with E-state index in [-0.39, 0.29) is 0 Å². The Morgan fingerprint density at radius 3 is 2.77 bits per heavy atom. The molecule has 0 unspecified atom stereocenters. The molecule has 22 heavy (non-hydrogen) atoms. The number of piperidine rings is 1. The molecule has 0 amide bonds. The number of aryl methyl sites for hydroxylation is 1. The van der Waals surface area contributed by atoms with Gasteiger partial charge < -0.3 is 9.88 Å². The van der Waals surface area contributed by atoms with Crippen LogP contribution in [0.3, 0.4) is 0 Å². The van der Waals surface area contributed by atoms with Crippen LogP contribution < -0.4 is 4.90 Å². The lowest BCUT2D eigenvalue weighted by Gasteiger charge is -2.28. The number of nitrogens with zero attached hydrogens (tertiary/aromatic N) is 4. The van der Waals surface area contributed by atoms with Crippen LogP contribution in [-0.2, 0) is 0 Å². The number of rotatable bonds is 2. The van der Waals surface area contributed by atoms with Gasteiger partial charge >= 0.3 is 0 Å². The highest BCUT2D eigenvalue weighted by Gasteiger charge is 2.19. The number of pyridine rings is 1. The molecule has 0 bridgehead atoms. The smallest absolute Gasteiger partial charge is 0.143 e. The van der Waals surface area contributed by atoms with E-state index in [0.717, 1.165) is 46.8 Å². The lowest BCUT2D eigenvalue weighted by Crippen LogP contribution is -2.30. The van der Waals surface area contributed by atoms with Crippen LogP contribution in [0.2, 0.25) is 0 Å². The molecule has 0 radical (unpaired) electrons. The van der Waals surface area contributed by atoms with Crippen molar-refractivity contribution in [1.29, 1.82) is 0 Å². The standard InChI is InChI=1S/C17H19N5/c1-12-9-13(5-6-18-12)14-10-19-16-15(14)17(21-11-20-16)22-7-3-2-4-8-22/h5-6,9-11H,2-4,7-8H2,1H3,(H,19,20,21). The van der Waals surface area contributed by atoms with Crippen molar-refractivity contribution in [3.63, 3.8) is 0 Å². The second kappa shape index (κ2) is 5.40. The fraction of sp³-hybridized carbons (Fsp3) is 0.353. The third kappa shape index (κ3) is 2.22. The van der Waals surface area contributed by atoms with E-state index in [4.69, 9.17) is 0 Å². The van der Waals surface area contributed by atoms with Gasteiger partial charge in [-0.05, 0) is 43.9 Å². The molecule has 1 fully saturated rings. The van der Waals surface area contributed by atoms with E-state index in [2.05, 4.69) is 30.9 Å². The summed E-state index contributed by atoms with van der Waals surface area (Å²) in [6, 6.07) is 4.15. The molecule has 3 aromatic rings. The van der Waals surface area contributed by atoms with Crippen LogP contribution >= 0.6 is 0 Å². The fourth-order valence-corrected chi connectivity index (χ4v) is 3.23. The lowest BCUT2D eigenvalue weighted by atomic mass is 10.1. The molecule has 1 N–H and O–H groups in total. The van der Waals surface area contributed by atoms with Gasteiger partial charge in [-0.2, -0.15) is 0 Å². The minimum Gasteiger partial charge on any atom is -0.356 e. The van der Waals surface area contributed by atoms with Crippen LogP contribution in [0.25, 0.3) is 22.2 Å². The number of nitrogens with one attached hydrogen (secondary N) is 1. The second-order valence-corrected chi connectivity index (χ2v) is 5.86. The summed E-state index contributed by atoms with van der Waals surface area (Å²) in [5.41, 5.74) is 4.23. The molecule has 0 saturated carbocycles. The Labute approximate surface area is 129 Å². The number of aromatic amines is 1. The summed E-state index contributed by atoms with van der Waals surface area (Å²) in [5, 5.41) is 1.12. The predicted octanol–water partition coefficient (Wildman–Crippen LogP) is 3.32. The zero-order valence-corrected chi connectivity index (χ0v) is 12.7. The molecule has 1 aliphatic rings. The van der Waals surface area contributed by atoms with E-state index in [1.165, 1.54) is 19.3 Å². The molecule has 0 aromatic carbocycles. The summed E-state index contributed by atoms with van der Waals surface area (Å²) in [7, 11) is 0. The molecule has 112 valence electrons. The number of H-pyrrole nitrogens is 1. The van der Waals surface area contributed by atoms with Gasteiger partial charge in [-0.25, -0.2) is 9.97 Å². The average Bonchev–Trinajstić information content (AvgIpc) is 3.00. The first-order valence-electron chi connectivity index (χ1n) is 7.83. The van der Waals surface area contributed by atoms with Gasteiger partial charge in [-0.1, -0.05) is 0 Å². The predicted molar refractivity (Wildman–Crippen MR) is 87.9 cm³/mol. The summed E-state index contributed by atoms with van der Waals surface area (Å²) in [6.07, 6.45) is 9.33. The van der Waals surface area contributed by atoms with Crippen LogP contribution in [0.4, 0.5) is 5.82 Å². The summed E-state index contributed by atoms with van der Waals surface area (Å²) < 4.78 is 0. The molecule has 5 nitrogen and oxygen atoms in total. The zero-order valence-electron chi connectivity index (χ0n) is 12.7. The Bertz CT molecular complexity index is 802. The molecule has 1 aliphatic heterocycles. The van der Waals surface area contributed by atoms with E-state index < -0.39 is 0 Å². The zero-order chi connectivity index (χ0) is 14.9. The molecule has 4 heterocycles. The Morgan fingerprint density at radius 1 is 1.09 bits per heavy atom. The number of fused-ring (bicyclic) bond motifs is 1. The van der Waals surface area contributed by atoms with E-state index in [1.807, 2.05) is 25.4 Å². The van der Waals surface area contributed by atoms with Crippen LogP contribution in [0.5, 0.6) is 0 Å². The van der Waals surface area contributed by atoms with Crippen molar-refractivity contribution in [2.45, 2.75) is 26.2 Å². The Balaban J connectivity index is 1.89. The summed E-state index contributed by atoms with van der Waals surface area (Å²) in [6.45, 7) is 4.17. The molecule has 5 heteroatoms. The highest BCUT2D eigenvalue weighted by molar-refractivity contribution is 6.01. The first-order chi connectivity index (χ1) is 10.8. The minimum absolute atomic E-state index is 0.903. The Kier molecular flexibility index (Phi) is 3.25. The molecule has 0 aliphatic carbocycles. The normalized spacial score (nSPS) is 15.4. The van der Waals surface area contributed by atoms with E-state index in [9.17, 15) is 0 Å². The van der Waals surface area contributed by atoms with Crippen molar-refractivity contribution in [3.8, 4) is 11.1 Å². The van der Waals surface area contributed by atoms with Crippen LogP contribution in [0, 0.1) is 6.92 Å². The van der Waals surface area contributed by atoms with Crippen molar-refractivity contribution in [2.24, 2.45) is 0 Å². The molecule has 1 saturated heterocycles. The van der Waals surface area contributed by atoms with Crippen LogP contribution in [0.15, 0.2) is 30.9 Å². The quantitative estimate of drug-likeness (QED) is 0.787. The monoisotopic (exact) mass is 293 g/mol. The van der Waals surface area contributed by atoms with Gasteiger partial charge in [0.1, 0.15) is 17.8 Å². The molecule has 3 aromatic heterocycles. The maximum absolute atomic E-state index is 4.59. The maximum atomic E-state index is 4.59. The maximum Gasteiger partial charge on any atom is 0.143 e. The summed E-state index contributed by atoms with van der Waals surface area (Å²) in [5.74, 6) is 1.05. The number of aromatic nitrogens is 4. The van der Waals surface area contributed by atoms with Crippen molar-refractivity contribution < 1.29 is 0 Å². The second-order valence-electron chi connectivity index (χ2n) is 5.86. The number of hydrogen-bond donors (Lipinski definition) is 1. The Morgan fingerprint density at radius 2 is 1.95 bits per heavy atom. The van der Waals surface area contributed by atoms with Crippen molar-refractivity contribution >= 4 is 16.9 Å². The van der Waals surface area contributed by atoms with Gasteiger partial charge in [0.05, 0.1) is 5.39 Å². The average molecular weight is 293 g/mol. The van der Waals surface area contributed by atoms with Gasteiger partial charge in [0.15, 0.2) is 0 Å². The van der Waals surface area contributed by atoms with E-state index in [1.54, 1.807) is 6.33 Å². The minimum atomic E-state index is 0.903. The van der Waals surface area contributed by atoms with Gasteiger partial charge in [-0.3, -0.25) is 4.98 Å². The highest BCUT2D eigenvalue weighted by atomic mass is 15.2. The topological polar surface area (TPSA) is 57.7 Å². The summed E-state index contributed by atoms with van der Waals surface area (Å²) in [4.78, 5) is 19.0. The largest absolute Gasteiger partial charge is 0.356 e. The third-order valence-electron chi connectivity index (χ3n) is 4.31. The third-order valence-corrected chi connectivity index (χ3v) is 4.31. The van der Waals surface area contributed by atoms with Crippen molar-refractivity contribution in [2.75, 3.05) is 18.0 Å². The van der Waals surface area contributed by atoms with Crippen LogP contribution in [-0.4, -0.2) is 33.0 Å². The molecule has 4 rings (SSSR count). The van der Waals surface area contributed by atoms with Crippen LogP contribution in [0.1, 0.15) is 25.0 Å².